The summed E-state index contributed by atoms with van der Waals surface area (Å²) in [6.07, 6.45) is 3.23. The van der Waals surface area contributed by atoms with E-state index in [4.69, 9.17) is 0 Å². The van der Waals surface area contributed by atoms with Gasteiger partial charge < -0.3 is 5.32 Å². The molecule has 0 radical (unpaired) electrons. The zero-order valence-corrected chi connectivity index (χ0v) is 13.7. The number of aryl methyl sites for hydroxylation is 1. The molecule has 0 saturated heterocycles. The molecule has 1 N–H and O–H groups in total. The summed E-state index contributed by atoms with van der Waals surface area (Å²) in [6, 6.07) is 0. The van der Waals surface area contributed by atoms with Gasteiger partial charge in [-0.2, -0.15) is 0 Å². The number of hydrogen-bond acceptors (Lipinski definition) is 4. The number of anilines is 1. The molecule has 0 fully saturated rings. The molecule has 1 aromatic heterocycles. The molecular formula is C15H27N3S. The predicted octanol–water partition coefficient (Wildman–Crippen LogP) is 4.31. The van der Waals surface area contributed by atoms with Crippen LogP contribution in [0.1, 0.15) is 51.9 Å². The molecule has 3 nitrogen and oxygen atoms in total. The van der Waals surface area contributed by atoms with Crippen molar-refractivity contribution in [1.82, 2.24) is 9.97 Å². The lowest BCUT2D eigenvalue weighted by molar-refractivity contribution is 0.631. The molecule has 0 spiro atoms. The molecule has 0 bridgehead atoms. The van der Waals surface area contributed by atoms with Crippen molar-refractivity contribution >= 4 is 17.6 Å². The van der Waals surface area contributed by atoms with Gasteiger partial charge in [0.1, 0.15) is 16.7 Å². The lowest BCUT2D eigenvalue weighted by atomic mass is 10.2. The Hall–Kier alpha value is -0.770. The van der Waals surface area contributed by atoms with Gasteiger partial charge in [-0.25, -0.2) is 9.97 Å². The van der Waals surface area contributed by atoms with Crippen LogP contribution in [0.3, 0.4) is 0 Å². The quantitative estimate of drug-likeness (QED) is 0.569. The molecule has 1 rings (SSSR count). The van der Waals surface area contributed by atoms with Crippen LogP contribution in [0.25, 0.3) is 0 Å². The second-order valence-corrected chi connectivity index (χ2v) is 6.31. The lowest BCUT2D eigenvalue weighted by Crippen LogP contribution is -2.08. The number of aromatic nitrogens is 2. The van der Waals surface area contributed by atoms with E-state index in [0.29, 0.717) is 0 Å². The molecule has 19 heavy (non-hydrogen) atoms. The van der Waals surface area contributed by atoms with Gasteiger partial charge in [-0.15, -0.1) is 11.8 Å². The third kappa shape index (κ3) is 5.39. The molecule has 0 aliphatic heterocycles. The highest BCUT2D eigenvalue weighted by atomic mass is 32.2. The second kappa shape index (κ2) is 8.41. The van der Waals surface area contributed by atoms with Gasteiger partial charge in [0.2, 0.25) is 0 Å². The highest BCUT2D eigenvalue weighted by molar-refractivity contribution is 7.99. The third-order valence-corrected chi connectivity index (χ3v) is 4.05. The van der Waals surface area contributed by atoms with Gasteiger partial charge in [0, 0.05) is 18.5 Å². The summed E-state index contributed by atoms with van der Waals surface area (Å²) in [5.41, 5.74) is 1.19. The molecule has 108 valence electrons. The monoisotopic (exact) mass is 281 g/mol. The van der Waals surface area contributed by atoms with Gasteiger partial charge in [0.25, 0.3) is 0 Å². The summed E-state index contributed by atoms with van der Waals surface area (Å²) < 4.78 is 0. The van der Waals surface area contributed by atoms with E-state index in [9.17, 15) is 0 Å². The number of rotatable bonds is 8. The van der Waals surface area contributed by atoms with Crippen molar-refractivity contribution in [3.05, 3.63) is 11.4 Å². The minimum Gasteiger partial charge on any atom is -0.370 e. The Labute approximate surface area is 122 Å². The second-order valence-electron chi connectivity index (χ2n) is 5.23. The fourth-order valence-electron chi connectivity index (χ4n) is 1.65. The molecular weight excluding hydrogens is 254 g/mol. The van der Waals surface area contributed by atoms with Crippen LogP contribution in [0, 0.1) is 12.8 Å². The van der Waals surface area contributed by atoms with Crippen LogP contribution in [0.5, 0.6) is 0 Å². The van der Waals surface area contributed by atoms with Crippen molar-refractivity contribution in [3.8, 4) is 0 Å². The Morgan fingerprint density at radius 3 is 2.53 bits per heavy atom. The normalized spacial score (nSPS) is 11.1. The van der Waals surface area contributed by atoms with Crippen molar-refractivity contribution in [2.75, 3.05) is 17.6 Å². The lowest BCUT2D eigenvalue weighted by Gasteiger charge is -2.13. The van der Waals surface area contributed by atoms with Crippen LogP contribution in [0.15, 0.2) is 5.03 Å². The first-order chi connectivity index (χ1) is 9.08. The first-order valence-electron chi connectivity index (χ1n) is 7.32. The largest absolute Gasteiger partial charge is 0.370 e. The van der Waals surface area contributed by atoms with E-state index in [0.717, 1.165) is 47.7 Å². The van der Waals surface area contributed by atoms with Crippen LogP contribution in [-0.2, 0) is 6.42 Å². The number of hydrogen-bond donors (Lipinski definition) is 1. The summed E-state index contributed by atoms with van der Waals surface area (Å²) >= 11 is 1.86. The first kappa shape index (κ1) is 16.3. The highest BCUT2D eigenvalue weighted by Crippen LogP contribution is 2.26. The molecule has 1 aromatic rings. The third-order valence-electron chi connectivity index (χ3n) is 2.94. The molecule has 0 aliphatic rings. The maximum absolute atomic E-state index is 4.67. The summed E-state index contributed by atoms with van der Waals surface area (Å²) in [5.74, 6) is 3.83. The molecule has 0 aromatic carbocycles. The summed E-state index contributed by atoms with van der Waals surface area (Å²) in [5, 5.41) is 4.56. The summed E-state index contributed by atoms with van der Waals surface area (Å²) in [6.45, 7) is 11.9. The first-order valence-corrected chi connectivity index (χ1v) is 8.31. The van der Waals surface area contributed by atoms with Crippen LogP contribution in [0.2, 0.25) is 0 Å². The van der Waals surface area contributed by atoms with Crippen LogP contribution in [-0.4, -0.2) is 22.3 Å². The summed E-state index contributed by atoms with van der Waals surface area (Å²) in [4.78, 5) is 9.26. The van der Waals surface area contributed by atoms with Gasteiger partial charge >= 0.3 is 0 Å². The van der Waals surface area contributed by atoms with Gasteiger partial charge in [-0.3, -0.25) is 0 Å². The summed E-state index contributed by atoms with van der Waals surface area (Å²) in [7, 11) is 0. The van der Waals surface area contributed by atoms with Crippen molar-refractivity contribution < 1.29 is 0 Å². The fourth-order valence-corrected chi connectivity index (χ4v) is 2.91. The molecule has 0 unspecified atom stereocenters. The maximum atomic E-state index is 4.67. The van der Waals surface area contributed by atoms with Crippen LogP contribution >= 0.6 is 11.8 Å². The maximum Gasteiger partial charge on any atom is 0.133 e. The topological polar surface area (TPSA) is 37.8 Å². The zero-order chi connectivity index (χ0) is 14.3. The van der Waals surface area contributed by atoms with E-state index in [2.05, 4.69) is 49.9 Å². The van der Waals surface area contributed by atoms with E-state index < -0.39 is 0 Å². The van der Waals surface area contributed by atoms with E-state index in [1.165, 1.54) is 12.0 Å². The van der Waals surface area contributed by atoms with E-state index in [1.54, 1.807) is 0 Å². The number of nitrogens with one attached hydrogen (secondary N) is 1. The van der Waals surface area contributed by atoms with Crippen molar-refractivity contribution in [3.63, 3.8) is 0 Å². The molecule has 0 saturated carbocycles. The average Bonchev–Trinajstić information content (AvgIpc) is 2.38. The SMILES string of the molecule is CCCNc1nc(CC)nc(SCCC(C)C)c1C. The minimum absolute atomic E-state index is 0.748. The Bertz CT molecular complexity index is 391. The molecule has 1 heterocycles. The van der Waals surface area contributed by atoms with Gasteiger partial charge in [0.15, 0.2) is 0 Å². The Kier molecular flexibility index (Phi) is 7.21. The van der Waals surface area contributed by atoms with Crippen molar-refractivity contribution in [1.29, 1.82) is 0 Å². The van der Waals surface area contributed by atoms with Gasteiger partial charge in [0.05, 0.1) is 0 Å². The standard InChI is InChI=1S/C15H27N3S/c1-6-9-16-14-12(5)15(18-13(7-2)17-14)19-10-8-11(3)4/h11H,6-10H2,1-5H3,(H,16,17,18). The minimum atomic E-state index is 0.748. The van der Waals surface area contributed by atoms with Gasteiger partial charge in [-0.05, 0) is 31.4 Å². The highest BCUT2D eigenvalue weighted by Gasteiger charge is 2.10. The fraction of sp³-hybridized carbons (Fsp3) is 0.733. The zero-order valence-electron chi connectivity index (χ0n) is 12.9. The van der Waals surface area contributed by atoms with Crippen LogP contribution in [0.4, 0.5) is 5.82 Å². The molecule has 4 heteroatoms. The Balaban J connectivity index is 2.82. The van der Waals surface area contributed by atoms with Gasteiger partial charge in [-0.1, -0.05) is 27.7 Å². The predicted molar refractivity (Wildman–Crippen MR) is 85.1 cm³/mol. The van der Waals surface area contributed by atoms with Crippen molar-refractivity contribution in [2.24, 2.45) is 5.92 Å². The van der Waals surface area contributed by atoms with E-state index in [1.807, 2.05) is 11.8 Å². The average molecular weight is 281 g/mol. The molecule has 0 atom stereocenters. The van der Waals surface area contributed by atoms with E-state index in [-0.39, 0.29) is 0 Å². The van der Waals surface area contributed by atoms with E-state index >= 15 is 0 Å². The molecule has 0 aliphatic carbocycles. The Morgan fingerprint density at radius 1 is 1.21 bits per heavy atom. The Morgan fingerprint density at radius 2 is 1.95 bits per heavy atom. The number of nitrogens with zero attached hydrogens (tertiary/aromatic N) is 2. The number of thioether (sulfide) groups is 1. The van der Waals surface area contributed by atoms with Crippen LogP contribution < -0.4 is 5.32 Å². The molecule has 0 amide bonds. The smallest absolute Gasteiger partial charge is 0.133 e. The van der Waals surface area contributed by atoms with Crippen molar-refractivity contribution in [2.45, 2.75) is 58.9 Å².